The van der Waals surface area contributed by atoms with Crippen LogP contribution in [0.3, 0.4) is 0 Å². The second-order valence-corrected chi connectivity index (χ2v) is 4.98. The van der Waals surface area contributed by atoms with Crippen LogP contribution >= 0.6 is 0 Å². The van der Waals surface area contributed by atoms with Crippen LogP contribution in [0.25, 0.3) is 0 Å². The number of carboxylic acid groups (broad SMARTS) is 2. The molecule has 2 rings (SSSR count). The van der Waals surface area contributed by atoms with Crippen molar-refractivity contribution in [1.29, 1.82) is 0 Å². The highest BCUT2D eigenvalue weighted by atomic mass is 16.6. The van der Waals surface area contributed by atoms with Gasteiger partial charge in [0.25, 0.3) is 0 Å². The monoisotopic (exact) mass is 376 g/mol. The quantitative estimate of drug-likeness (QED) is 0.432. The summed E-state index contributed by atoms with van der Waals surface area (Å²) in [5.41, 5.74) is 0.716. The first-order chi connectivity index (χ1) is 12.7. The maximum Gasteiger partial charge on any atom is 0.346 e. The number of carbonyl (C=O) groups excluding carboxylic acids is 2. The van der Waals surface area contributed by atoms with Gasteiger partial charge in [0.05, 0.1) is 11.1 Å². The Hall–Kier alpha value is -3.56. The fourth-order valence-corrected chi connectivity index (χ4v) is 1.62. The molecule has 0 fully saturated rings. The van der Waals surface area contributed by atoms with E-state index >= 15 is 0 Å². The molecule has 9 heteroatoms. The normalized spacial score (nSPS) is 11.9. The molecule has 0 aliphatic carbocycles. The molecule has 0 aliphatic rings. The molecule has 4 N–H and O–H groups in total. The molecule has 2 atom stereocenters. The average Bonchev–Trinajstić information content (AvgIpc) is 2.68. The molecule has 0 heterocycles. The van der Waals surface area contributed by atoms with Gasteiger partial charge in [-0.15, -0.1) is 0 Å². The van der Waals surface area contributed by atoms with Crippen molar-refractivity contribution < 1.29 is 44.3 Å². The van der Waals surface area contributed by atoms with Crippen molar-refractivity contribution in [1.82, 2.24) is 0 Å². The second-order valence-electron chi connectivity index (χ2n) is 4.98. The minimum Gasteiger partial charge on any atom is -0.479 e. The van der Waals surface area contributed by atoms with Gasteiger partial charge in [-0.25, -0.2) is 19.2 Å². The summed E-state index contributed by atoms with van der Waals surface area (Å²) in [7, 11) is 0. The average molecular weight is 376 g/mol. The van der Waals surface area contributed by atoms with Crippen molar-refractivity contribution >= 4 is 23.9 Å². The lowest BCUT2D eigenvalue weighted by atomic mass is 10.2. The molecule has 27 heavy (non-hydrogen) atoms. The number of aliphatic hydroxyl groups is 2. The van der Waals surface area contributed by atoms with Crippen LogP contribution in [-0.2, 0) is 14.3 Å². The summed E-state index contributed by atoms with van der Waals surface area (Å²) in [4.78, 5) is 42.7. The minimum atomic E-state index is -2.27. The third-order valence-corrected chi connectivity index (χ3v) is 3.01. The molecule has 0 amide bonds. The van der Waals surface area contributed by atoms with Crippen molar-refractivity contribution in [3.63, 3.8) is 0 Å². The van der Waals surface area contributed by atoms with Crippen LogP contribution < -0.4 is 0 Å². The molecule has 0 aromatic heterocycles. The number of benzene rings is 2. The number of hydrogen-bond donors (Lipinski definition) is 4. The number of rotatable bonds is 5. The van der Waals surface area contributed by atoms with E-state index in [-0.39, 0.29) is 0 Å². The van der Waals surface area contributed by atoms with Gasteiger partial charge < -0.3 is 25.2 Å². The predicted octanol–water partition coefficient (Wildman–Crippen LogP) is 0.561. The highest BCUT2D eigenvalue weighted by Gasteiger charge is 2.29. The van der Waals surface area contributed by atoms with Crippen molar-refractivity contribution in [3.05, 3.63) is 71.8 Å². The van der Waals surface area contributed by atoms with Gasteiger partial charge in [0, 0.05) is 0 Å². The first-order valence-corrected chi connectivity index (χ1v) is 7.42. The van der Waals surface area contributed by atoms with Gasteiger partial charge in [-0.3, -0.25) is 0 Å². The Morgan fingerprint density at radius 1 is 0.630 bits per heavy atom. The third-order valence-electron chi connectivity index (χ3n) is 3.01. The number of ether oxygens (including phenoxy) is 1. The molecule has 0 aliphatic heterocycles. The molecule has 0 saturated heterocycles. The SMILES string of the molecule is O=C(O)C(O)C(O)C(=O)O.O=C(OC(=O)c1ccccc1)c1ccccc1. The zero-order chi connectivity index (χ0) is 20.4. The molecular weight excluding hydrogens is 360 g/mol. The summed E-state index contributed by atoms with van der Waals surface area (Å²) in [6.07, 6.45) is -4.53. The first kappa shape index (κ1) is 21.5. The van der Waals surface area contributed by atoms with Gasteiger partial charge in [-0.05, 0) is 24.3 Å². The third kappa shape index (κ3) is 7.06. The van der Waals surface area contributed by atoms with E-state index in [0.29, 0.717) is 11.1 Å². The fraction of sp³-hybridized carbons (Fsp3) is 0.111. The topological polar surface area (TPSA) is 158 Å². The van der Waals surface area contributed by atoms with Gasteiger partial charge in [-0.2, -0.15) is 0 Å². The maximum absolute atomic E-state index is 11.6. The summed E-state index contributed by atoms with van der Waals surface area (Å²) in [5.74, 6) is -4.82. The summed E-state index contributed by atoms with van der Waals surface area (Å²) in [5, 5.41) is 32.5. The minimum absolute atomic E-state index is 0.358. The lowest BCUT2D eigenvalue weighted by molar-refractivity contribution is -0.165. The molecular formula is C18H16O9. The lowest BCUT2D eigenvalue weighted by Crippen LogP contribution is -2.39. The van der Waals surface area contributed by atoms with Crippen LogP contribution in [0.5, 0.6) is 0 Å². The van der Waals surface area contributed by atoms with Crippen LogP contribution in [-0.4, -0.2) is 56.5 Å². The highest BCUT2D eigenvalue weighted by molar-refractivity contribution is 6.02. The number of aliphatic carboxylic acids is 2. The number of esters is 2. The highest BCUT2D eigenvalue weighted by Crippen LogP contribution is 2.06. The van der Waals surface area contributed by atoms with Gasteiger partial charge >= 0.3 is 23.9 Å². The van der Waals surface area contributed by atoms with Gasteiger partial charge in [0.15, 0.2) is 12.2 Å². The summed E-state index contributed by atoms with van der Waals surface area (Å²) in [6, 6.07) is 16.8. The smallest absolute Gasteiger partial charge is 0.346 e. The Balaban J connectivity index is 0.000000314. The number of carbonyl (C=O) groups is 4. The standard InChI is InChI=1S/C14H10O3.C4H6O6/c15-13(11-7-3-1-4-8-11)17-14(16)12-9-5-2-6-10-12;5-1(3(7)8)2(6)4(9)10/h1-10H;1-2,5-6H,(H,7,8)(H,9,10). The molecule has 2 unspecified atom stereocenters. The molecule has 0 saturated carbocycles. The fourth-order valence-electron chi connectivity index (χ4n) is 1.62. The largest absolute Gasteiger partial charge is 0.479 e. The Morgan fingerprint density at radius 3 is 1.19 bits per heavy atom. The van der Waals surface area contributed by atoms with E-state index in [1.54, 1.807) is 60.7 Å². The van der Waals surface area contributed by atoms with Crippen LogP contribution in [0.4, 0.5) is 0 Å². The molecule has 2 aromatic rings. The van der Waals surface area contributed by atoms with E-state index < -0.39 is 36.1 Å². The van der Waals surface area contributed by atoms with Crippen LogP contribution in [0.1, 0.15) is 20.7 Å². The molecule has 0 spiro atoms. The first-order valence-electron chi connectivity index (χ1n) is 7.42. The summed E-state index contributed by atoms with van der Waals surface area (Å²) >= 11 is 0. The summed E-state index contributed by atoms with van der Waals surface area (Å²) < 4.78 is 4.74. The van der Waals surface area contributed by atoms with Crippen LogP contribution in [0.2, 0.25) is 0 Å². The zero-order valence-corrected chi connectivity index (χ0v) is 13.8. The van der Waals surface area contributed by atoms with Gasteiger partial charge in [0.2, 0.25) is 0 Å². The van der Waals surface area contributed by atoms with Crippen molar-refractivity contribution in [2.45, 2.75) is 12.2 Å². The molecule has 0 bridgehead atoms. The number of aliphatic hydroxyl groups excluding tert-OH is 2. The predicted molar refractivity (Wildman–Crippen MR) is 89.9 cm³/mol. The second kappa shape index (κ2) is 10.4. The van der Waals surface area contributed by atoms with E-state index in [2.05, 4.69) is 0 Å². The number of hydrogen-bond acceptors (Lipinski definition) is 7. The molecule has 0 radical (unpaired) electrons. The zero-order valence-electron chi connectivity index (χ0n) is 13.8. The van der Waals surface area contributed by atoms with Gasteiger partial charge in [-0.1, -0.05) is 36.4 Å². The molecule has 142 valence electrons. The van der Waals surface area contributed by atoms with Crippen molar-refractivity contribution in [2.24, 2.45) is 0 Å². The summed E-state index contributed by atoms with van der Waals surface area (Å²) in [6.45, 7) is 0. The Kier molecular flexibility index (Phi) is 8.30. The maximum atomic E-state index is 11.6. The lowest BCUT2D eigenvalue weighted by Gasteiger charge is -2.07. The Bertz CT molecular complexity index is 719. The van der Waals surface area contributed by atoms with Crippen LogP contribution in [0, 0.1) is 0 Å². The van der Waals surface area contributed by atoms with E-state index in [9.17, 15) is 19.2 Å². The van der Waals surface area contributed by atoms with E-state index in [1.165, 1.54) is 0 Å². The Labute approximate surface area is 153 Å². The number of carboxylic acids is 2. The molecule has 9 nitrogen and oxygen atoms in total. The van der Waals surface area contributed by atoms with Crippen molar-refractivity contribution in [2.75, 3.05) is 0 Å². The van der Waals surface area contributed by atoms with Crippen molar-refractivity contribution in [3.8, 4) is 0 Å². The van der Waals surface area contributed by atoms with Gasteiger partial charge in [0.1, 0.15) is 0 Å². The molecule has 2 aromatic carbocycles. The van der Waals surface area contributed by atoms with Crippen LogP contribution in [0.15, 0.2) is 60.7 Å². The van der Waals surface area contributed by atoms with E-state index in [1.807, 2.05) is 0 Å². The Morgan fingerprint density at radius 2 is 0.926 bits per heavy atom. The van der Waals surface area contributed by atoms with E-state index in [4.69, 9.17) is 25.2 Å². The van der Waals surface area contributed by atoms with E-state index in [0.717, 1.165) is 0 Å².